The Morgan fingerprint density at radius 2 is 1.79 bits per heavy atom. The van der Waals surface area contributed by atoms with Gasteiger partial charge in [-0.3, -0.25) is 4.79 Å². The summed E-state index contributed by atoms with van der Waals surface area (Å²) < 4.78 is 5.34. The van der Waals surface area contributed by atoms with Crippen molar-refractivity contribution in [3.8, 4) is 12.3 Å². The molecule has 0 saturated heterocycles. The maximum absolute atomic E-state index is 13.1. The van der Waals surface area contributed by atoms with Crippen LogP contribution in [0.5, 0.6) is 0 Å². The monoisotopic (exact) mass is 437 g/mol. The molecule has 0 aliphatic heterocycles. The van der Waals surface area contributed by atoms with E-state index in [9.17, 15) is 9.59 Å². The summed E-state index contributed by atoms with van der Waals surface area (Å²) in [6, 6.07) is 23.3. The Balaban J connectivity index is 1.51. The third-order valence-corrected chi connectivity index (χ3v) is 5.22. The number of carbonyl (C=O) groups is 2. The maximum Gasteiger partial charge on any atom is 0.408 e. The second kappa shape index (κ2) is 10.2. The summed E-state index contributed by atoms with van der Waals surface area (Å²) in [7, 11) is 0. The molecule has 0 bridgehead atoms. The quantitative estimate of drug-likeness (QED) is 0.369. The molecule has 0 fully saturated rings. The summed E-state index contributed by atoms with van der Waals surface area (Å²) >= 11 is 0. The molecule has 3 N–H and O–H groups in total. The number of rotatable bonds is 7. The van der Waals surface area contributed by atoms with Gasteiger partial charge in [-0.25, -0.2) is 4.79 Å². The Kier molecular flexibility index (Phi) is 6.72. The van der Waals surface area contributed by atoms with Crippen molar-refractivity contribution in [3.63, 3.8) is 0 Å². The lowest BCUT2D eigenvalue weighted by Gasteiger charge is -2.18. The van der Waals surface area contributed by atoms with Gasteiger partial charge in [0.05, 0.1) is 0 Å². The smallest absolute Gasteiger partial charge is 0.408 e. The first-order valence-electron chi connectivity index (χ1n) is 10.5. The van der Waals surface area contributed by atoms with Crippen LogP contribution in [0.4, 0.5) is 10.5 Å². The third-order valence-electron chi connectivity index (χ3n) is 5.22. The number of fused-ring (bicyclic) bond motifs is 1. The zero-order valence-corrected chi connectivity index (χ0v) is 17.9. The van der Waals surface area contributed by atoms with Crippen molar-refractivity contribution >= 4 is 28.6 Å². The van der Waals surface area contributed by atoms with Gasteiger partial charge >= 0.3 is 6.09 Å². The first-order chi connectivity index (χ1) is 16.1. The van der Waals surface area contributed by atoms with Gasteiger partial charge in [-0.05, 0) is 35.4 Å². The van der Waals surface area contributed by atoms with E-state index in [4.69, 9.17) is 11.2 Å². The van der Waals surface area contributed by atoms with Gasteiger partial charge in [-0.2, -0.15) is 0 Å². The van der Waals surface area contributed by atoms with Gasteiger partial charge in [0, 0.05) is 34.8 Å². The van der Waals surface area contributed by atoms with Gasteiger partial charge in [0.1, 0.15) is 12.6 Å². The predicted molar refractivity (Wildman–Crippen MR) is 129 cm³/mol. The van der Waals surface area contributed by atoms with E-state index in [1.165, 1.54) is 0 Å². The number of aromatic nitrogens is 1. The fourth-order valence-corrected chi connectivity index (χ4v) is 3.55. The minimum atomic E-state index is -0.859. The number of carbonyl (C=O) groups excluding carboxylic acids is 2. The van der Waals surface area contributed by atoms with Crippen LogP contribution in [0.3, 0.4) is 0 Å². The Hall–Kier alpha value is -4.50. The molecule has 4 rings (SSSR count). The van der Waals surface area contributed by atoms with Crippen LogP contribution in [0.2, 0.25) is 0 Å². The van der Waals surface area contributed by atoms with Crippen molar-refractivity contribution in [1.82, 2.24) is 10.3 Å². The van der Waals surface area contributed by atoms with Crippen molar-refractivity contribution < 1.29 is 14.3 Å². The lowest BCUT2D eigenvalue weighted by molar-refractivity contribution is -0.118. The van der Waals surface area contributed by atoms with Crippen LogP contribution in [0.25, 0.3) is 10.9 Å². The molecule has 4 aromatic rings. The second-order valence-electron chi connectivity index (χ2n) is 7.54. The van der Waals surface area contributed by atoms with Gasteiger partial charge < -0.3 is 20.4 Å². The van der Waals surface area contributed by atoms with Gasteiger partial charge in [0.2, 0.25) is 5.91 Å². The molecular formula is C27H23N3O3. The van der Waals surface area contributed by atoms with E-state index in [1.807, 2.05) is 60.8 Å². The molecular weight excluding hydrogens is 414 g/mol. The van der Waals surface area contributed by atoms with E-state index in [0.29, 0.717) is 11.3 Å². The van der Waals surface area contributed by atoms with Crippen molar-refractivity contribution in [2.24, 2.45) is 0 Å². The van der Waals surface area contributed by atoms with Crippen LogP contribution in [0.1, 0.15) is 16.7 Å². The van der Waals surface area contributed by atoms with Crippen LogP contribution in [-0.4, -0.2) is 23.0 Å². The predicted octanol–water partition coefficient (Wildman–Crippen LogP) is 4.63. The van der Waals surface area contributed by atoms with E-state index in [1.54, 1.807) is 24.3 Å². The van der Waals surface area contributed by atoms with Crippen LogP contribution >= 0.6 is 0 Å². The molecule has 6 nitrogen and oxygen atoms in total. The molecule has 0 saturated carbocycles. The maximum atomic E-state index is 13.1. The highest BCUT2D eigenvalue weighted by molar-refractivity contribution is 5.97. The van der Waals surface area contributed by atoms with Crippen LogP contribution < -0.4 is 10.6 Å². The lowest BCUT2D eigenvalue weighted by atomic mass is 10.0. The fourth-order valence-electron chi connectivity index (χ4n) is 3.55. The minimum absolute atomic E-state index is 0.109. The average Bonchev–Trinajstić information content (AvgIpc) is 3.26. The number of H-pyrrole nitrogens is 1. The lowest BCUT2D eigenvalue weighted by Crippen LogP contribution is -2.45. The van der Waals surface area contributed by atoms with Gasteiger partial charge in [-0.15, -0.1) is 6.42 Å². The summed E-state index contributed by atoms with van der Waals surface area (Å²) in [6.45, 7) is 0.109. The number of ether oxygens (including phenoxy) is 1. The van der Waals surface area contributed by atoms with Crippen molar-refractivity contribution in [3.05, 3.63) is 102 Å². The van der Waals surface area contributed by atoms with Gasteiger partial charge in [0.15, 0.2) is 0 Å². The number of amides is 2. The van der Waals surface area contributed by atoms with E-state index in [0.717, 1.165) is 22.0 Å². The van der Waals surface area contributed by atoms with Gasteiger partial charge in [0.25, 0.3) is 0 Å². The number of para-hydroxylation sites is 1. The van der Waals surface area contributed by atoms with Crippen LogP contribution in [-0.2, 0) is 22.6 Å². The van der Waals surface area contributed by atoms with E-state index < -0.39 is 12.1 Å². The van der Waals surface area contributed by atoms with Crippen molar-refractivity contribution in [1.29, 1.82) is 0 Å². The van der Waals surface area contributed by atoms with E-state index in [-0.39, 0.29) is 18.9 Å². The highest BCUT2D eigenvalue weighted by Gasteiger charge is 2.23. The Labute approximate surface area is 192 Å². The molecule has 0 spiro atoms. The summed E-state index contributed by atoms with van der Waals surface area (Å²) in [5, 5.41) is 6.54. The Morgan fingerprint density at radius 1 is 1.00 bits per heavy atom. The molecule has 0 aliphatic carbocycles. The van der Waals surface area contributed by atoms with Crippen LogP contribution in [0.15, 0.2) is 85.1 Å². The van der Waals surface area contributed by atoms with Gasteiger partial charge in [-0.1, -0.05) is 60.5 Å². The number of aromatic amines is 1. The first kappa shape index (κ1) is 21.7. The Bertz CT molecular complexity index is 1300. The number of alkyl carbamates (subject to hydrolysis) is 1. The number of hydrogen-bond acceptors (Lipinski definition) is 3. The summed E-state index contributed by atoms with van der Waals surface area (Å²) in [5.74, 6) is 2.18. The van der Waals surface area contributed by atoms with Crippen molar-refractivity contribution in [2.45, 2.75) is 19.1 Å². The van der Waals surface area contributed by atoms with Crippen LogP contribution in [0, 0.1) is 12.3 Å². The highest BCUT2D eigenvalue weighted by atomic mass is 16.5. The molecule has 0 aliphatic rings. The molecule has 3 aromatic carbocycles. The number of anilines is 1. The molecule has 0 unspecified atom stereocenters. The zero-order valence-electron chi connectivity index (χ0n) is 17.9. The van der Waals surface area contributed by atoms with E-state index in [2.05, 4.69) is 21.5 Å². The summed E-state index contributed by atoms with van der Waals surface area (Å²) in [6.07, 6.45) is 6.92. The zero-order chi connectivity index (χ0) is 23.0. The number of terminal acetylenes is 1. The number of benzene rings is 3. The van der Waals surface area contributed by atoms with E-state index >= 15 is 0 Å². The summed E-state index contributed by atoms with van der Waals surface area (Å²) in [4.78, 5) is 28.9. The standard InChI is InChI=1S/C27H23N3O3/c1-2-19-11-8-12-22(15-19)29-26(31)25(16-21-17-28-24-14-7-6-13-23(21)24)30-27(32)33-18-20-9-4-3-5-10-20/h1,3-15,17,25,28H,16,18H2,(H,29,31)(H,30,32)/t25-/m0/s1. The number of hydrogen-bond donors (Lipinski definition) is 3. The molecule has 33 heavy (non-hydrogen) atoms. The molecule has 1 atom stereocenters. The minimum Gasteiger partial charge on any atom is -0.445 e. The SMILES string of the molecule is C#Cc1cccc(NC(=O)[C@H](Cc2c[nH]c3ccccc23)NC(=O)OCc2ccccc2)c1. The normalized spacial score (nSPS) is 11.4. The topological polar surface area (TPSA) is 83.2 Å². The molecule has 164 valence electrons. The molecule has 6 heteroatoms. The Morgan fingerprint density at radius 3 is 2.61 bits per heavy atom. The summed E-state index contributed by atoms with van der Waals surface area (Å²) in [5.41, 5.74) is 3.93. The largest absolute Gasteiger partial charge is 0.445 e. The van der Waals surface area contributed by atoms with Crippen molar-refractivity contribution in [2.75, 3.05) is 5.32 Å². The molecule has 1 heterocycles. The average molecular weight is 437 g/mol. The third kappa shape index (κ3) is 5.60. The fraction of sp³-hybridized carbons (Fsp3) is 0.111. The molecule has 1 aromatic heterocycles. The highest BCUT2D eigenvalue weighted by Crippen LogP contribution is 2.20. The second-order valence-corrected chi connectivity index (χ2v) is 7.54. The molecule has 0 radical (unpaired) electrons. The number of nitrogens with one attached hydrogen (secondary N) is 3. The first-order valence-corrected chi connectivity index (χ1v) is 10.5. The molecule has 2 amide bonds.